The van der Waals surface area contributed by atoms with Gasteiger partial charge in [-0.05, 0) is 69.8 Å². The number of piperidine rings is 1. The van der Waals surface area contributed by atoms with Gasteiger partial charge in [0.25, 0.3) is 0 Å². The van der Waals surface area contributed by atoms with Crippen LogP contribution in [0.4, 0.5) is 0 Å². The highest BCUT2D eigenvalue weighted by atomic mass is 32.1. The van der Waals surface area contributed by atoms with Crippen LogP contribution in [0.1, 0.15) is 61.4 Å². The number of thiophene rings is 1. The molecule has 1 N–H and O–H groups in total. The SMILES string of the molecule is CNC(c1sccc1C)C1(N2CCCCC2)CCCC1. The smallest absolute Gasteiger partial charge is 0.0602 e. The van der Waals surface area contributed by atoms with Gasteiger partial charge >= 0.3 is 0 Å². The third kappa shape index (κ3) is 2.44. The molecule has 2 aliphatic rings. The number of likely N-dealkylation sites (tertiary alicyclic amines) is 1. The van der Waals surface area contributed by atoms with E-state index in [0.29, 0.717) is 11.6 Å². The molecule has 1 saturated carbocycles. The lowest BCUT2D eigenvalue weighted by Crippen LogP contribution is -2.56. The zero-order chi connectivity index (χ0) is 14.0. The third-order valence-corrected chi connectivity index (χ3v) is 6.53. The Labute approximate surface area is 127 Å². The highest BCUT2D eigenvalue weighted by Crippen LogP contribution is 2.47. The molecular weight excluding hydrogens is 264 g/mol. The van der Waals surface area contributed by atoms with E-state index in [-0.39, 0.29) is 0 Å². The Kier molecular flexibility index (Phi) is 4.49. The molecule has 0 aromatic carbocycles. The van der Waals surface area contributed by atoms with Crippen LogP contribution in [0.3, 0.4) is 0 Å². The van der Waals surface area contributed by atoms with Gasteiger partial charge in [0.1, 0.15) is 0 Å². The number of nitrogens with zero attached hydrogens (tertiary/aromatic N) is 1. The molecule has 0 amide bonds. The molecule has 3 rings (SSSR count). The predicted octanol–water partition coefficient (Wildman–Crippen LogP) is 4.12. The van der Waals surface area contributed by atoms with Crippen molar-refractivity contribution >= 4 is 11.3 Å². The van der Waals surface area contributed by atoms with E-state index in [1.165, 1.54) is 63.6 Å². The van der Waals surface area contributed by atoms with Crippen LogP contribution in [-0.2, 0) is 0 Å². The van der Waals surface area contributed by atoms with Crippen molar-refractivity contribution in [3.05, 3.63) is 21.9 Å². The highest BCUT2D eigenvalue weighted by Gasteiger charge is 2.46. The van der Waals surface area contributed by atoms with Crippen LogP contribution in [0.15, 0.2) is 11.4 Å². The maximum atomic E-state index is 3.69. The Hall–Kier alpha value is -0.380. The van der Waals surface area contributed by atoms with E-state index in [4.69, 9.17) is 0 Å². The van der Waals surface area contributed by atoms with Gasteiger partial charge in [0.15, 0.2) is 0 Å². The Balaban J connectivity index is 1.93. The summed E-state index contributed by atoms with van der Waals surface area (Å²) in [5.41, 5.74) is 1.85. The van der Waals surface area contributed by atoms with Crippen LogP contribution in [0.5, 0.6) is 0 Å². The molecular formula is C17H28N2S. The Morgan fingerprint density at radius 2 is 1.85 bits per heavy atom. The normalized spacial score (nSPS) is 24.9. The average molecular weight is 292 g/mol. The molecule has 1 aliphatic heterocycles. The minimum Gasteiger partial charge on any atom is -0.311 e. The maximum absolute atomic E-state index is 3.69. The summed E-state index contributed by atoms with van der Waals surface area (Å²) in [7, 11) is 2.16. The van der Waals surface area contributed by atoms with Crippen molar-refractivity contribution in [2.24, 2.45) is 0 Å². The molecule has 1 saturated heterocycles. The molecule has 1 unspecified atom stereocenters. The molecule has 1 atom stereocenters. The first-order chi connectivity index (χ1) is 9.78. The van der Waals surface area contributed by atoms with Crippen molar-refractivity contribution < 1.29 is 0 Å². The third-order valence-electron chi connectivity index (χ3n) is 5.45. The first-order valence-electron chi connectivity index (χ1n) is 8.24. The molecule has 112 valence electrons. The highest BCUT2D eigenvalue weighted by molar-refractivity contribution is 7.10. The van der Waals surface area contributed by atoms with Crippen molar-refractivity contribution in [1.29, 1.82) is 0 Å². The van der Waals surface area contributed by atoms with E-state index in [0.717, 1.165) is 0 Å². The monoisotopic (exact) mass is 292 g/mol. The molecule has 1 aromatic heterocycles. The number of rotatable bonds is 4. The fraction of sp³-hybridized carbons (Fsp3) is 0.765. The molecule has 1 aromatic rings. The molecule has 2 nitrogen and oxygen atoms in total. The van der Waals surface area contributed by atoms with Crippen LogP contribution < -0.4 is 5.32 Å². The zero-order valence-electron chi connectivity index (χ0n) is 13.0. The van der Waals surface area contributed by atoms with E-state index in [1.807, 2.05) is 11.3 Å². The van der Waals surface area contributed by atoms with Crippen LogP contribution in [-0.4, -0.2) is 30.6 Å². The second-order valence-electron chi connectivity index (χ2n) is 6.55. The topological polar surface area (TPSA) is 15.3 Å². The Bertz CT molecular complexity index is 428. The number of likely N-dealkylation sites (N-methyl/N-ethyl adjacent to an activating group) is 1. The van der Waals surface area contributed by atoms with Gasteiger partial charge in [0.2, 0.25) is 0 Å². The number of nitrogens with one attached hydrogen (secondary N) is 1. The van der Waals surface area contributed by atoms with Crippen molar-refractivity contribution in [2.45, 2.75) is 63.5 Å². The number of hydrogen-bond donors (Lipinski definition) is 1. The van der Waals surface area contributed by atoms with E-state index >= 15 is 0 Å². The predicted molar refractivity (Wildman–Crippen MR) is 87.5 cm³/mol. The van der Waals surface area contributed by atoms with Gasteiger partial charge < -0.3 is 5.32 Å². The molecule has 1 aliphatic carbocycles. The molecule has 2 fully saturated rings. The first-order valence-corrected chi connectivity index (χ1v) is 9.12. The van der Waals surface area contributed by atoms with Gasteiger partial charge in [-0.2, -0.15) is 0 Å². The zero-order valence-corrected chi connectivity index (χ0v) is 13.8. The molecule has 0 radical (unpaired) electrons. The minimum atomic E-state index is 0.380. The van der Waals surface area contributed by atoms with Gasteiger partial charge in [0.05, 0.1) is 6.04 Å². The lowest BCUT2D eigenvalue weighted by atomic mass is 9.83. The Morgan fingerprint density at radius 3 is 2.40 bits per heavy atom. The average Bonchev–Trinajstić information content (AvgIpc) is 3.12. The largest absolute Gasteiger partial charge is 0.311 e. The summed E-state index contributed by atoms with van der Waals surface area (Å²) in [5, 5.41) is 5.95. The number of aryl methyl sites for hydroxylation is 1. The van der Waals surface area contributed by atoms with Crippen molar-refractivity contribution in [3.8, 4) is 0 Å². The van der Waals surface area contributed by atoms with Crippen molar-refractivity contribution in [1.82, 2.24) is 10.2 Å². The lowest BCUT2D eigenvalue weighted by molar-refractivity contribution is 0.0392. The summed E-state index contributed by atoms with van der Waals surface area (Å²) in [6.45, 7) is 4.89. The van der Waals surface area contributed by atoms with Crippen LogP contribution in [0.2, 0.25) is 0 Å². The van der Waals surface area contributed by atoms with Crippen LogP contribution >= 0.6 is 11.3 Å². The van der Waals surface area contributed by atoms with Crippen molar-refractivity contribution in [2.75, 3.05) is 20.1 Å². The molecule has 2 heterocycles. The van der Waals surface area contributed by atoms with Gasteiger partial charge in [-0.15, -0.1) is 11.3 Å². The second-order valence-corrected chi connectivity index (χ2v) is 7.50. The van der Waals surface area contributed by atoms with Crippen molar-refractivity contribution in [3.63, 3.8) is 0 Å². The van der Waals surface area contributed by atoms with E-state index in [1.54, 1.807) is 4.88 Å². The lowest BCUT2D eigenvalue weighted by Gasteiger charge is -2.48. The molecule has 20 heavy (non-hydrogen) atoms. The second kappa shape index (κ2) is 6.17. The minimum absolute atomic E-state index is 0.380. The molecule has 0 bridgehead atoms. The summed E-state index contributed by atoms with van der Waals surface area (Å²) >= 11 is 1.94. The summed E-state index contributed by atoms with van der Waals surface area (Å²) < 4.78 is 0. The van der Waals surface area contributed by atoms with E-state index < -0.39 is 0 Å². The fourth-order valence-electron chi connectivity index (χ4n) is 4.44. The standard InChI is InChI=1S/C17H28N2S/c1-14-8-13-20-15(14)16(18-2)17(9-4-5-10-17)19-11-6-3-7-12-19/h8,13,16,18H,3-7,9-12H2,1-2H3. The summed E-state index contributed by atoms with van der Waals surface area (Å²) in [5.74, 6) is 0. The number of hydrogen-bond acceptors (Lipinski definition) is 3. The maximum Gasteiger partial charge on any atom is 0.0602 e. The van der Waals surface area contributed by atoms with Crippen LogP contribution in [0.25, 0.3) is 0 Å². The van der Waals surface area contributed by atoms with Gasteiger partial charge in [-0.3, -0.25) is 4.90 Å². The fourth-order valence-corrected chi connectivity index (χ4v) is 5.58. The van der Waals surface area contributed by atoms with Crippen LogP contribution in [0, 0.1) is 6.92 Å². The van der Waals surface area contributed by atoms with E-state index in [2.05, 4.69) is 35.6 Å². The quantitative estimate of drug-likeness (QED) is 0.898. The molecule has 3 heteroatoms. The van der Waals surface area contributed by atoms with Gasteiger partial charge in [0, 0.05) is 10.4 Å². The van der Waals surface area contributed by atoms with Gasteiger partial charge in [-0.25, -0.2) is 0 Å². The summed E-state index contributed by atoms with van der Waals surface area (Å²) in [4.78, 5) is 4.41. The van der Waals surface area contributed by atoms with Gasteiger partial charge in [-0.1, -0.05) is 19.3 Å². The molecule has 0 spiro atoms. The summed E-state index contributed by atoms with van der Waals surface area (Å²) in [6.07, 6.45) is 9.75. The van der Waals surface area contributed by atoms with E-state index in [9.17, 15) is 0 Å². The first kappa shape index (κ1) is 14.6. The summed E-state index contributed by atoms with van der Waals surface area (Å²) in [6, 6.07) is 2.80. The Morgan fingerprint density at radius 1 is 1.15 bits per heavy atom.